The van der Waals surface area contributed by atoms with Gasteiger partial charge in [0.1, 0.15) is 0 Å². The Balaban J connectivity index is 1.62. The summed E-state index contributed by atoms with van der Waals surface area (Å²) in [4.78, 5) is 0. The maximum atomic E-state index is 3.54. The number of nitrogens with one attached hydrogen (secondary N) is 1. The van der Waals surface area contributed by atoms with Crippen molar-refractivity contribution in [3.05, 3.63) is 0 Å². The van der Waals surface area contributed by atoms with Crippen LogP contribution in [-0.2, 0) is 0 Å². The van der Waals surface area contributed by atoms with Crippen LogP contribution in [0.1, 0.15) is 44.9 Å². The van der Waals surface area contributed by atoms with E-state index in [0.717, 1.165) is 17.8 Å². The topological polar surface area (TPSA) is 12.0 Å². The van der Waals surface area contributed by atoms with Crippen LogP contribution in [0.4, 0.5) is 0 Å². The molecule has 0 spiro atoms. The summed E-state index contributed by atoms with van der Waals surface area (Å²) < 4.78 is 0. The van der Waals surface area contributed by atoms with Crippen molar-refractivity contribution in [3.63, 3.8) is 0 Å². The molecule has 0 aromatic rings. The van der Waals surface area contributed by atoms with Crippen LogP contribution in [0.15, 0.2) is 0 Å². The Kier molecular flexibility index (Phi) is 1.74. The van der Waals surface area contributed by atoms with Gasteiger partial charge in [-0.3, -0.25) is 0 Å². The maximum Gasteiger partial charge on any atom is 0.0182 e. The second kappa shape index (κ2) is 2.73. The average Bonchev–Trinajstić information content (AvgIpc) is 2.62. The lowest BCUT2D eigenvalue weighted by Gasteiger charge is -2.26. The van der Waals surface area contributed by atoms with E-state index in [-0.39, 0.29) is 0 Å². The Morgan fingerprint density at radius 3 is 2.54 bits per heavy atom. The molecule has 74 valence electrons. The highest BCUT2D eigenvalue weighted by molar-refractivity contribution is 5.05. The number of fused-ring (bicyclic) bond motifs is 2. The zero-order chi connectivity index (χ0) is 8.89. The van der Waals surface area contributed by atoms with Crippen molar-refractivity contribution in [1.82, 2.24) is 5.32 Å². The zero-order valence-electron chi connectivity index (χ0n) is 8.68. The van der Waals surface area contributed by atoms with Gasteiger partial charge in [0, 0.05) is 5.54 Å². The van der Waals surface area contributed by atoms with Gasteiger partial charge in [0.2, 0.25) is 0 Å². The second-order valence-corrected chi connectivity index (χ2v) is 5.67. The first-order valence-corrected chi connectivity index (χ1v) is 6.00. The van der Waals surface area contributed by atoms with E-state index >= 15 is 0 Å². The summed E-state index contributed by atoms with van der Waals surface area (Å²) >= 11 is 0. The van der Waals surface area contributed by atoms with Crippen LogP contribution in [0.5, 0.6) is 0 Å². The third-order valence-electron chi connectivity index (χ3n) is 4.92. The lowest BCUT2D eigenvalue weighted by Crippen LogP contribution is -2.31. The molecule has 0 aromatic heterocycles. The molecule has 1 nitrogen and oxygen atoms in total. The fraction of sp³-hybridized carbons (Fsp3) is 1.00. The summed E-state index contributed by atoms with van der Waals surface area (Å²) in [6.07, 6.45) is 10.6. The molecule has 0 saturated heterocycles. The molecule has 1 N–H and O–H groups in total. The molecule has 2 bridgehead atoms. The molecule has 0 aromatic carbocycles. The maximum absolute atomic E-state index is 3.54. The molecule has 1 heteroatoms. The predicted octanol–water partition coefficient (Wildman–Crippen LogP) is 2.56. The van der Waals surface area contributed by atoms with Crippen LogP contribution >= 0.6 is 0 Å². The van der Waals surface area contributed by atoms with Crippen LogP contribution in [0.3, 0.4) is 0 Å². The minimum Gasteiger partial charge on any atom is -0.314 e. The second-order valence-electron chi connectivity index (χ2n) is 5.67. The van der Waals surface area contributed by atoms with Crippen LogP contribution in [0.25, 0.3) is 0 Å². The quantitative estimate of drug-likeness (QED) is 0.702. The zero-order valence-corrected chi connectivity index (χ0v) is 8.68. The molecule has 0 radical (unpaired) electrons. The summed E-state index contributed by atoms with van der Waals surface area (Å²) in [5.74, 6) is 3.34. The van der Waals surface area contributed by atoms with Crippen molar-refractivity contribution < 1.29 is 0 Å². The van der Waals surface area contributed by atoms with Gasteiger partial charge in [0.15, 0.2) is 0 Å². The van der Waals surface area contributed by atoms with Crippen LogP contribution in [0.2, 0.25) is 0 Å². The van der Waals surface area contributed by atoms with Gasteiger partial charge in [-0.1, -0.05) is 6.42 Å². The van der Waals surface area contributed by atoms with Gasteiger partial charge in [-0.25, -0.2) is 0 Å². The Morgan fingerprint density at radius 1 is 1.23 bits per heavy atom. The SMILES string of the molecule is CNC1(CC2CC3CCC2C3)CC1. The van der Waals surface area contributed by atoms with E-state index in [4.69, 9.17) is 0 Å². The molecule has 3 aliphatic carbocycles. The largest absolute Gasteiger partial charge is 0.314 e. The third-order valence-corrected chi connectivity index (χ3v) is 4.92. The smallest absolute Gasteiger partial charge is 0.0182 e. The van der Waals surface area contributed by atoms with Crippen molar-refractivity contribution in [2.24, 2.45) is 17.8 Å². The highest BCUT2D eigenvalue weighted by Crippen LogP contribution is 2.53. The van der Waals surface area contributed by atoms with E-state index in [9.17, 15) is 0 Å². The van der Waals surface area contributed by atoms with Gasteiger partial charge in [0.25, 0.3) is 0 Å². The van der Waals surface area contributed by atoms with Gasteiger partial charge in [-0.05, 0) is 63.3 Å². The van der Waals surface area contributed by atoms with Crippen molar-refractivity contribution in [1.29, 1.82) is 0 Å². The van der Waals surface area contributed by atoms with Crippen molar-refractivity contribution in [2.45, 2.75) is 50.5 Å². The monoisotopic (exact) mass is 179 g/mol. The van der Waals surface area contributed by atoms with E-state index in [2.05, 4.69) is 12.4 Å². The highest BCUT2D eigenvalue weighted by atomic mass is 15.0. The van der Waals surface area contributed by atoms with Crippen molar-refractivity contribution in [2.75, 3.05) is 7.05 Å². The lowest BCUT2D eigenvalue weighted by atomic mass is 9.83. The fourth-order valence-electron chi connectivity index (χ4n) is 3.84. The average molecular weight is 179 g/mol. The van der Waals surface area contributed by atoms with E-state index in [1.54, 1.807) is 25.7 Å². The van der Waals surface area contributed by atoms with Crippen LogP contribution < -0.4 is 5.32 Å². The normalized spacial score (nSPS) is 45.5. The Hall–Kier alpha value is -0.0400. The Morgan fingerprint density at radius 2 is 2.08 bits per heavy atom. The van der Waals surface area contributed by atoms with Crippen LogP contribution in [-0.4, -0.2) is 12.6 Å². The molecule has 3 saturated carbocycles. The summed E-state index contributed by atoms with van der Waals surface area (Å²) in [5.41, 5.74) is 0.606. The standard InChI is InChI=1S/C12H21N/c1-13-12(4-5-12)8-11-7-9-2-3-10(11)6-9/h9-11,13H,2-8H2,1H3. The molecular formula is C12H21N. The first kappa shape index (κ1) is 8.28. The minimum absolute atomic E-state index is 0.606. The first-order valence-electron chi connectivity index (χ1n) is 6.00. The van der Waals surface area contributed by atoms with E-state index in [1.807, 2.05) is 0 Å². The molecule has 3 atom stereocenters. The minimum atomic E-state index is 0.606. The summed E-state index contributed by atoms with van der Waals surface area (Å²) in [6.45, 7) is 0. The highest BCUT2D eigenvalue weighted by Gasteiger charge is 2.48. The van der Waals surface area contributed by atoms with Gasteiger partial charge in [-0.2, -0.15) is 0 Å². The Bertz CT molecular complexity index is 207. The lowest BCUT2D eigenvalue weighted by molar-refractivity contribution is 0.274. The fourth-order valence-corrected chi connectivity index (χ4v) is 3.84. The molecule has 13 heavy (non-hydrogen) atoms. The molecule has 3 aliphatic rings. The molecular weight excluding hydrogens is 158 g/mol. The van der Waals surface area contributed by atoms with E-state index in [0.29, 0.717) is 5.54 Å². The number of hydrogen-bond acceptors (Lipinski definition) is 1. The molecule has 0 heterocycles. The van der Waals surface area contributed by atoms with Gasteiger partial charge in [-0.15, -0.1) is 0 Å². The number of rotatable bonds is 3. The molecule has 0 aliphatic heterocycles. The van der Waals surface area contributed by atoms with Crippen molar-refractivity contribution >= 4 is 0 Å². The molecule has 3 fully saturated rings. The van der Waals surface area contributed by atoms with Gasteiger partial charge < -0.3 is 5.32 Å². The van der Waals surface area contributed by atoms with Crippen LogP contribution in [0, 0.1) is 17.8 Å². The van der Waals surface area contributed by atoms with E-state index in [1.165, 1.54) is 19.3 Å². The molecule has 3 rings (SSSR count). The van der Waals surface area contributed by atoms with Gasteiger partial charge in [0.05, 0.1) is 0 Å². The summed E-state index contributed by atoms with van der Waals surface area (Å²) in [7, 11) is 2.15. The molecule has 3 unspecified atom stereocenters. The Labute approximate surface area is 81.3 Å². The molecule has 0 amide bonds. The summed E-state index contributed by atoms with van der Waals surface area (Å²) in [6, 6.07) is 0. The van der Waals surface area contributed by atoms with Gasteiger partial charge >= 0.3 is 0 Å². The van der Waals surface area contributed by atoms with Crippen molar-refractivity contribution in [3.8, 4) is 0 Å². The first-order chi connectivity index (χ1) is 6.31. The third kappa shape index (κ3) is 1.32. The predicted molar refractivity (Wildman–Crippen MR) is 54.6 cm³/mol. The number of hydrogen-bond donors (Lipinski definition) is 1. The summed E-state index contributed by atoms with van der Waals surface area (Å²) in [5, 5.41) is 3.54. The van der Waals surface area contributed by atoms with E-state index < -0.39 is 0 Å².